The maximum absolute atomic E-state index is 15.5. The number of alkyl halides is 2. The highest BCUT2D eigenvalue weighted by Gasteiger charge is 2.77. The third-order valence-corrected chi connectivity index (χ3v) is 14.4. The summed E-state index contributed by atoms with van der Waals surface area (Å²) in [5.74, 6) is -21.6. The van der Waals surface area contributed by atoms with Gasteiger partial charge in [0.25, 0.3) is 11.8 Å². The smallest absolute Gasteiger partial charge is 0.258 e. The number of phenolic OH excluding ortho intramolecular Hbond substituents is 1. The normalized spacial score (nSPS) is 27.9. The lowest BCUT2D eigenvalue weighted by Crippen LogP contribution is -2.60. The number of phenols is 1. The van der Waals surface area contributed by atoms with Gasteiger partial charge in [0.05, 0.1) is 11.8 Å². The third-order valence-electron chi connectivity index (χ3n) is 13.0. The van der Waals surface area contributed by atoms with Crippen LogP contribution in [0.25, 0.3) is 0 Å². The predicted octanol–water partition coefficient (Wildman–Crippen LogP) is 7.89. The second kappa shape index (κ2) is 15.2. The average Bonchev–Trinajstić information content (AvgIpc) is 3.60. The van der Waals surface area contributed by atoms with Crippen molar-refractivity contribution in [2.45, 2.75) is 60.5 Å². The summed E-state index contributed by atoms with van der Waals surface area (Å²) >= 11 is 14.5. The van der Waals surface area contributed by atoms with Crippen molar-refractivity contribution >= 4 is 52.5 Å². The Bertz CT molecular complexity index is 2500. The van der Waals surface area contributed by atoms with Crippen molar-refractivity contribution in [1.82, 2.24) is 9.80 Å². The quantitative estimate of drug-likeness (QED) is 0.0479. The van der Waals surface area contributed by atoms with Crippen molar-refractivity contribution in [3.8, 4) is 11.5 Å². The van der Waals surface area contributed by atoms with Crippen molar-refractivity contribution < 1.29 is 51.0 Å². The molecular formula is C45H36Cl2F5N3O6. The van der Waals surface area contributed by atoms with E-state index in [1.807, 2.05) is 60.7 Å². The second-order valence-corrected chi connectivity index (χ2v) is 17.5. The molecule has 4 aromatic rings. The lowest BCUT2D eigenvalue weighted by molar-refractivity contribution is -0.144. The fraction of sp³-hybridized carbons (Fsp3) is 0.333. The number of likely N-dealkylation sites (tertiary alicyclic amines) is 2. The SMILES string of the molecule is O=C1[C@H]2[C@H](CC=C3[C@H]2C[C@@]2(Cl)C(=O)N(c4c(F)c(F)c(F)c(F)c4F)C(=O)[C@@]2(Cl)[C@H]3c2ccc(OCc3ccccc3)cc2O)C(=O)N1C1CCN(Cc2ccccc2)CC1. The van der Waals surface area contributed by atoms with Gasteiger partial charge in [-0.3, -0.25) is 29.0 Å². The fourth-order valence-corrected chi connectivity index (χ4v) is 11.0. The fourth-order valence-electron chi connectivity index (χ4n) is 10.1. The number of ether oxygens (including phenoxy) is 1. The molecule has 0 radical (unpaired) electrons. The molecule has 3 heterocycles. The lowest BCUT2D eigenvalue weighted by atomic mass is 9.56. The molecule has 16 heteroatoms. The van der Waals surface area contributed by atoms with Crippen LogP contribution in [0, 0.1) is 46.8 Å². The zero-order valence-electron chi connectivity index (χ0n) is 32.1. The molecule has 316 valence electrons. The van der Waals surface area contributed by atoms with E-state index in [1.165, 1.54) is 23.1 Å². The molecule has 0 spiro atoms. The van der Waals surface area contributed by atoms with Crippen molar-refractivity contribution in [2.24, 2.45) is 17.8 Å². The van der Waals surface area contributed by atoms with Crippen LogP contribution < -0.4 is 9.64 Å². The van der Waals surface area contributed by atoms with Crippen molar-refractivity contribution in [1.29, 1.82) is 0 Å². The molecule has 0 unspecified atom stereocenters. The number of imide groups is 2. The van der Waals surface area contributed by atoms with E-state index in [0.29, 0.717) is 32.5 Å². The number of rotatable bonds is 8. The number of piperidine rings is 1. The molecule has 5 aliphatic rings. The van der Waals surface area contributed by atoms with Crippen LogP contribution in [0.15, 0.2) is 90.5 Å². The zero-order valence-corrected chi connectivity index (χ0v) is 33.6. The van der Waals surface area contributed by atoms with Crippen LogP contribution in [0.2, 0.25) is 0 Å². The summed E-state index contributed by atoms with van der Waals surface area (Å²) in [5.41, 5.74) is 0.180. The number of carbonyl (C=O) groups excluding carboxylic acids is 4. The Hall–Kier alpha value is -5.31. The minimum absolute atomic E-state index is 0.00823. The Morgan fingerprint density at radius 3 is 1.97 bits per heavy atom. The van der Waals surface area contributed by atoms with E-state index in [2.05, 4.69) is 4.90 Å². The number of benzene rings is 4. The molecule has 9 rings (SSSR count). The average molecular weight is 881 g/mol. The van der Waals surface area contributed by atoms with Gasteiger partial charge in [0.15, 0.2) is 33.0 Å². The zero-order chi connectivity index (χ0) is 43.1. The van der Waals surface area contributed by atoms with Crippen LogP contribution in [0.5, 0.6) is 11.5 Å². The summed E-state index contributed by atoms with van der Waals surface area (Å²) in [6, 6.07) is 22.5. The summed E-state index contributed by atoms with van der Waals surface area (Å²) in [6.07, 6.45) is 1.95. The minimum Gasteiger partial charge on any atom is -0.508 e. The van der Waals surface area contributed by atoms with Gasteiger partial charge in [0.2, 0.25) is 17.6 Å². The first kappa shape index (κ1) is 41.1. The number of fused-ring (bicyclic) bond motifs is 4. The summed E-state index contributed by atoms with van der Waals surface area (Å²) in [5, 5.41) is 11.7. The van der Waals surface area contributed by atoms with Crippen LogP contribution >= 0.6 is 23.2 Å². The van der Waals surface area contributed by atoms with E-state index in [0.717, 1.165) is 11.1 Å². The second-order valence-electron chi connectivity index (χ2n) is 16.2. The molecule has 2 aliphatic carbocycles. The number of hydrogen-bond donors (Lipinski definition) is 1. The van der Waals surface area contributed by atoms with Gasteiger partial charge < -0.3 is 9.84 Å². The first-order valence-electron chi connectivity index (χ1n) is 19.8. The number of amides is 4. The minimum atomic E-state index is -2.78. The lowest BCUT2D eigenvalue weighted by Gasteiger charge is -2.50. The number of nitrogens with zero attached hydrogens (tertiary/aromatic N) is 3. The van der Waals surface area contributed by atoms with Gasteiger partial charge in [-0.05, 0) is 48.8 Å². The van der Waals surface area contributed by atoms with Crippen molar-refractivity contribution in [2.75, 3.05) is 18.0 Å². The number of hydrogen-bond acceptors (Lipinski definition) is 7. The Labute approximate surface area is 356 Å². The van der Waals surface area contributed by atoms with Gasteiger partial charge in [-0.2, -0.15) is 0 Å². The molecule has 1 saturated carbocycles. The summed E-state index contributed by atoms with van der Waals surface area (Å²) in [4.78, 5) is 55.9. The maximum Gasteiger partial charge on any atom is 0.258 e. The molecule has 0 bridgehead atoms. The predicted molar refractivity (Wildman–Crippen MR) is 212 cm³/mol. The molecule has 1 N–H and O–H groups in total. The molecule has 4 aromatic carbocycles. The van der Waals surface area contributed by atoms with E-state index < -0.39 is 110 Å². The molecule has 4 amide bonds. The first-order valence-corrected chi connectivity index (χ1v) is 20.5. The van der Waals surface area contributed by atoms with E-state index in [9.17, 15) is 37.5 Å². The Morgan fingerprint density at radius 1 is 0.738 bits per heavy atom. The summed E-state index contributed by atoms with van der Waals surface area (Å²) in [7, 11) is 0. The van der Waals surface area contributed by atoms with Crippen LogP contribution in [0.4, 0.5) is 27.6 Å². The first-order chi connectivity index (χ1) is 29.2. The van der Waals surface area contributed by atoms with E-state index in [1.54, 1.807) is 6.08 Å². The van der Waals surface area contributed by atoms with Gasteiger partial charge in [-0.1, -0.05) is 78.4 Å². The topological polar surface area (TPSA) is 107 Å². The molecular weight excluding hydrogens is 844 g/mol. The van der Waals surface area contributed by atoms with Crippen LogP contribution in [0.1, 0.15) is 48.3 Å². The van der Waals surface area contributed by atoms with E-state index >= 15 is 8.78 Å². The largest absolute Gasteiger partial charge is 0.508 e. The van der Waals surface area contributed by atoms with Gasteiger partial charge >= 0.3 is 0 Å². The number of allylic oxidation sites excluding steroid dienone is 2. The number of aromatic hydroxyl groups is 1. The van der Waals surface area contributed by atoms with Gasteiger partial charge in [-0.15, -0.1) is 23.2 Å². The highest BCUT2D eigenvalue weighted by molar-refractivity contribution is 6.58. The van der Waals surface area contributed by atoms with Crippen molar-refractivity contribution in [3.05, 3.63) is 136 Å². The summed E-state index contributed by atoms with van der Waals surface area (Å²) in [6.45, 7) is 2.01. The number of anilines is 1. The third kappa shape index (κ3) is 6.26. The molecule has 0 aromatic heterocycles. The molecule has 9 nitrogen and oxygen atoms in total. The Kier molecular flexibility index (Phi) is 10.3. The van der Waals surface area contributed by atoms with Gasteiger partial charge in [0.1, 0.15) is 23.8 Å². The highest BCUT2D eigenvalue weighted by Crippen LogP contribution is 2.67. The van der Waals surface area contributed by atoms with Crippen molar-refractivity contribution in [3.63, 3.8) is 0 Å². The molecule has 3 aliphatic heterocycles. The molecule has 4 fully saturated rings. The standard InChI is InChI=1S/C45H36Cl2F5N3O6/c46-44-20-30-27(13-14-29-32(30)41(58)54(40(29)57)25-15-17-53(18-16-25)21-23-7-3-1-4-8-23)33(28-12-11-26(19-31(28)56)61-22-24-9-5-2-6-10-24)45(44,47)43(60)55(42(44)59)39-37(51)35(49)34(48)36(50)38(39)52/h1-13,19,25,29-30,32-33,56H,14-18,20-22H2/t29-,30+,32-,33+,44+,45-/m0/s1. The summed E-state index contributed by atoms with van der Waals surface area (Å²) < 4.78 is 80.3. The number of halogens is 7. The van der Waals surface area contributed by atoms with Gasteiger partial charge in [-0.25, -0.2) is 26.9 Å². The molecule has 3 saturated heterocycles. The monoisotopic (exact) mass is 879 g/mol. The molecule has 6 atom stereocenters. The van der Waals surface area contributed by atoms with Crippen LogP contribution in [-0.4, -0.2) is 67.4 Å². The van der Waals surface area contributed by atoms with Crippen LogP contribution in [0.3, 0.4) is 0 Å². The highest BCUT2D eigenvalue weighted by atomic mass is 35.5. The number of carbonyl (C=O) groups is 4. The molecule has 61 heavy (non-hydrogen) atoms. The Morgan fingerprint density at radius 2 is 1.34 bits per heavy atom. The van der Waals surface area contributed by atoms with E-state index in [4.69, 9.17) is 27.9 Å². The van der Waals surface area contributed by atoms with E-state index in [-0.39, 0.29) is 34.8 Å². The Balaban J connectivity index is 1.10. The van der Waals surface area contributed by atoms with Gasteiger partial charge in [0, 0.05) is 43.2 Å². The maximum atomic E-state index is 15.5. The van der Waals surface area contributed by atoms with Crippen LogP contribution in [-0.2, 0) is 32.3 Å².